The lowest BCUT2D eigenvalue weighted by atomic mass is 10.0. The summed E-state index contributed by atoms with van der Waals surface area (Å²) >= 11 is 0. The standard InChI is InChI=1S/C13H17N3/c1-15-9-10-16(8-7-14)11-13(15)12-5-3-2-4-6-12/h2-6,13H,8-11H2,1H3. The Bertz CT molecular complexity index is 369. The van der Waals surface area contributed by atoms with Gasteiger partial charge in [0.25, 0.3) is 0 Å². The van der Waals surface area contributed by atoms with Crippen LogP contribution in [0.2, 0.25) is 0 Å². The van der Waals surface area contributed by atoms with Crippen LogP contribution in [0, 0.1) is 11.3 Å². The van der Waals surface area contributed by atoms with Crippen LogP contribution < -0.4 is 0 Å². The molecule has 1 aliphatic heterocycles. The van der Waals surface area contributed by atoms with Crippen LogP contribution in [0.4, 0.5) is 0 Å². The summed E-state index contributed by atoms with van der Waals surface area (Å²) in [6.07, 6.45) is 0. The van der Waals surface area contributed by atoms with Crippen LogP contribution in [0.15, 0.2) is 30.3 Å². The molecule has 3 nitrogen and oxygen atoms in total. The first-order chi connectivity index (χ1) is 7.81. The molecule has 1 unspecified atom stereocenters. The summed E-state index contributed by atoms with van der Waals surface area (Å²) in [5.41, 5.74) is 1.34. The summed E-state index contributed by atoms with van der Waals surface area (Å²) < 4.78 is 0. The zero-order valence-electron chi connectivity index (χ0n) is 9.63. The third-order valence-electron chi connectivity index (χ3n) is 3.21. The molecule has 1 saturated heterocycles. The van der Waals surface area contributed by atoms with Crippen LogP contribution in [0.25, 0.3) is 0 Å². The summed E-state index contributed by atoms with van der Waals surface area (Å²) in [6, 6.07) is 13.2. The van der Waals surface area contributed by atoms with E-state index in [4.69, 9.17) is 5.26 Å². The Morgan fingerprint density at radius 3 is 2.75 bits per heavy atom. The fourth-order valence-corrected chi connectivity index (χ4v) is 2.21. The molecule has 2 rings (SSSR count). The topological polar surface area (TPSA) is 30.3 Å². The van der Waals surface area contributed by atoms with E-state index >= 15 is 0 Å². The zero-order valence-corrected chi connectivity index (χ0v) is 9.63. The lowest BCUT2D eigenvalue weighted by molar-refractivity contribution is 0.105. The van der Waals surface area contributed by atoms with Crippen molar-refractivity contribution in [1.82, 2.24) is 9.80 Å². The first kappa shape index (κ1) is 11.1. The van der Waals surface area contributed by atoms with E-state index in [0.717, 1.165) is 19.6 Å². The van der Waals surface area contributed by atoms with Gasteiger partial charge in [-0.05, 0) is 12.6 Å². The predicted octanol–water partition coefficient (Wildman–Crippen LogP) is 1.50. The van der Waals surface area contributed by atoms with Crippen molar-refractivity contribution in [2.75, 3.05) is 33.2 Å². The lowest BCUT2D eigenvalue weighted by Crippen LogP contribution is -2.46. The minimum atomic E-state index is 0.420. The maximum absolute atomic E-state index is 8.74. The van der Waals surface area contributed by atoms with E-state index in [2.05, 4.69) is 47.2 Å². The second-order valence-corrected chi connectivity index (χ2v) is 4.30. The van der Waals surface area contributed by atoms with Gasteiger partial charge in [-0.15, -0.1) is 0 Å². The Labute approximate surface area is 96.9 Å². The molecule has 0 amide bonds. The molecule has 1 aromatic carbocycles. The average Bonchev–Trinajstić information content (AvgIpc) is 2.33. The Kier molecular flexibility index (Phi) is 3.55. The summed E-state index contributed by atoms with van der Waals surface area (Å²) in [5, 5.41) is 8.74. The Morgan fingerprint density at radius 2 is 2.06 bits per heavy atom. The second kappa shape index (κ2) is 5.11. The van der Waals surface area contributed by atoms with Gasteiger partial charge in [-0.1, -0.05) is 30.3 Å². The van der Waals surface area contributed by atoms with Gasteiger partial charge in [-0.3, -0.25) is 9.80 Å². The summed E-state index contributed by atoms with van der Waals surface area (Å²) in [5.74, 6) is 0. The minimum Gasteiger partial charge on any atom is -0.297 e. The maximum Gasteiger partial charge on any atom is 0.0867 e. The molecule has 1 fully saturated rings. The van der Waals surface area contributed by atoms with E-state index in [-0.39, 0.29) is 0 Å². The average molecular weight is 215 g/mol. The highest BCUT2D eigenvalue weighted by atomic mass is 15.3. The van der Waals surface area contributed by atoms with Crippen molar-refractivity contribution >= 4 is 0 Å². The largest absolute Gasteiger partial charge is 0.297 e. The quantitative estimate of drug-likeness (QED) is 0.700. The molecule has 0 aromatic heterocycles. The van der Waals surface area contributed by atoms with E-state index in [1.165, 1.54) is 5.56 Å². The number of rotatable bonds is 2. The van der Waals surface area contributed by atoms with Gasteiger partial charge in [0, 0.05) is 25.7 Å². The molecule has 0 bridgehead atoms. The number of nitriles is 1. The van der Waals surface area contributed by atoms with Gasteiger partial charge in [0.05, 0.1) is 12.6 Å². The van der Waals surface area contributed by atoms with E-state index in [1.807, 2.05) is 6.07 Å². The molecule has 0 radical (unpaired) electrons. The Balaban J connectivity index is 2.10. The number of hydrogen-bond acceptors (Lipinski definition) is 3. The van der Waals surface area contributed by atoms with Crippen molar-refractivity contribution in [2.24, 2.45) is 0 Å². The SMILES string of the molecule is CN1CCN(CC#N)CC1c1ccccc1. The summed E-state index contributed by atoms with van der Waals surface area (Å²) in [4.78, 5) is 4.58. The van der Waals surface area contributed by atoms with Crippen molar-refractivity contribution in [1.29, 1.82) is 5.26 Å². The molecule has 0 saturated carbocycles. The second-order valence-electron chi connectivity index (χ2n) is 4.30. The van der Waals surface area contributed by atoms with Crippen molar-refractivity contribution in [3.63, 3.8) is 0 Å². The van der Waals surface area contributed by atoms with Crippen LogP contribution in [0.1, 0.15) is 11.6 Å². The van der Waals surface area contributed by atoms with Crippen LogP contribution in [0.3, 0.4) is 0 Å². The number of nitrogens with zero attached hydrogens (tertiary/aromatic N) is 3. The Morgan fingerprint density at radius 1 is 1.31 bits per heavy atom. The summed E-state index contributed by atoms with van der Waals surface area (Å²) in [6.45, 7) is 3.51. The van der Waals surface area contributed by atoms with Gasteiger partial charge in [-0.2, -0.15) is 5.26 Å². The molecular formula is C13H17N3. The van der Waals surface area contributed by atoms with E-state index in [0.29, 0.717) is 12.6 Å². The van der Waals surface area contributed by atoms with Gasteiger partial charge in [0.15, 0.2) is 0 Å². The van der Waals surface area contributed by atoms with E-state index in [9.17, 15) is 0 Å². The van der Waals surface area contributed by atoms with Crippen molar-refractivity contribution in [2.45, 2.75) is 6.04 Å². The molecule has 1 aromatic rings. The highest BCUT2D eigenvalue weighted by Crippen LogP contribution is 2.23. The number of hydrogen-bond donors (Lipinski definition) is 0. The normalized spacial score (nSPS) is 22.9. The highest BCUT2D eigenvalue weighted by molar-refractivity contribution is 5.20. The molecule has 0 aliphatic carbocycles. The molecule has 84 valence electrons. The van der Waals surface area contributed by atoms with Crippen molar-refractivity contribution < 1.29 is 0 Å². The highest BCUT2D eigenvalue weighted by Gasteiger charge is 2.24. The molecule has 1 heterocycles. The third-order valence-corrected chi connectivity index (χ3v) is 3.21. The fourth-order valence-electron chi connectivity index (χ4n) is 2.21. The first-order valence-electron chi connectivity index (χ1n) is 5.66. The number of likely N-dealkylation sites (N-methyl/N-ethyl adjacent to an activating group) is 1. The first-order valence-corrected chi connectivity index (χ1v) is 5.66. The predicted molar refractivity (Wildman–Crippen MR) is 63.9 cm³/mol. The van der Waals surface area contributed by atoms with Crippen LogP contribution in [0.5, 0.6) is 0 Å². The van der Waals surface area contributed by atoms with Gasteiger partial charge >= 0.3 is 0 Å². The third kappa shape index (κ3) is 2.41. The zero-order chi connectivity index (χ0) is 11.4. The van der Waals surface area contributed by atoms with Gasteiger partial charge in [0.1, 0.15) is 0 Å². The van der Waals surface area contributed by atoms with Gasteiger partial charge < -0.3 is 0 Å². The van der Waals surface area contributed by atoms with Crippen LogP contribution in [-0.4, -0.2) is 43.0 Å². The molecule has 0 spiro atoms. The van der Waals surface area contributed by atoms with E-state index in [1.54, 1.807) is 0 Å². The number of piperazine rings is 1. The molecule has 16 heavy (non-hydrogen) atoms. The molecule has 1 aliphatic rings. The monoisotopic (exact) mass is 215 g/mol. The molecule has 0 N–H and O–H groups in total. The smallest absolute Gasteiger partial charge is 0.0867 e. The van der Waals surface area contributed by atoms with Crippen LogP contribution >= 0.6 is 0 Å². The Hall–Kier alpha value is -1.37. The van der Waals surface area contributed by atoms with Crippen molar-refractivity contribution in [3.05, 3.63) is 35.9 Å². The van der Waals surface area contributed by atoms with Crippen LogP contribution in [-0.2, 0) is 0 Å². The van der Waals surface area contributed by atoms with Gasteiger partial charge in [-0.25, -0.2) is 0 Å². The number of benzene rings is 1. The van der Waals surface area contributed by atoms with E-state index < -0.39 is 0 Å². The molecular weight excluding hydrogens is 198 g/mol. The van der Waals surface area contributed by atoms with Crippen molar-refractivity contribution in [3.8, 4) is 6.07 Å². The maximum atomic E-state index is 8.74. The lowest BCUT2D eigenvalue weighted by Gasteiger charge is -2.38. The summed E-state index contributed by atoms with van der Waals surface area (Å²) in [7, 11) is 2.15. The molecule has 1 atom stereocenters. The molecule has 3 heteroatoms. The fraction of sp³-hybridized carbons (Fsp3) is 0.462. The van der Waals surface area contributed by atoms with Gasteiger partial charge in [0.2, 0.25) is 0 Å². The minimum absolute atomic E-state index is 0.420.